The second-order valence-corrected chi connectivity index (χ2v) is 11.7. The molecule has 2 heterocycles. The fourth-order valence-corrected chi connectivity index (χ4v) is 8.63. The molecule has 4 saturated carbocycles. The molecule has 1 aromatic carbocycles. The number of amides is 1. The number of likely N-dealkylation sites (tertiary alicyclic amines) is 2. The first-order valence-electron chi connectivity index (χ1n) is 12.7. The average Bonchev–Trinajstić information content (AvgIpc) is 3.28. The van der Waals surface area contributed by atoms with Gasteiger partial charge in [-0.05, 0) is 107 Å². The number of piperidine rings is 1. The molecule has 0 radical (unpaired) electrons. The van der Waals surface area contributed by atoms with Crippen molar-refractivity contribution >= 4 is 5.91 Å². The zero-order chi connectivity index (χ0) is 20.3. The van der Waals surface area contributed by atoms with Crippen LogP contribution >= 0.6 is 0 Å². The first-order chi connectivity index (χ1) is 14.6. The standard InChI is InChI=1S/C27H38N2O/c1-20-4-6-23(7-5-20)26-15-21-14-22(16-26)18-27(17-21,19-26)25(30)29-12-8-24(9-13-29)28-10-2-3-11-28/h4-7,21-22,24H,2-3,8-19H2,1H3. The molecule has 4 bridgehead atoms. The van der Waals surface area contributed by atoms with E-state index in [2.05, 4.69) is 41.0 Å². The van der Waals surface area contributed by atoms with E-state index in [-0.39, 0.29) is 10.8 Å². The van der Waals surface area contributed by atoms with E-state index in [1.165, 1.54) is 82.0 Å². The van der Waals surface area contributed by atoms with Gasteiger partial charge in [0.25, 0.3) is 0 Å². The van der Waals surface area contributed by atoms with Crippen molar-refractivity contribution in [3.8, 4) is 0 Å². The van der Waals surface area contributed by atoms with Crippen LogP contribution in [-0.2, 0) is 10.2 Å². The van der Waals surface area contributed by atoms with Gasteiger partial charge in [-0.2, -0.15) is 0 Å². The van der Waals surface area contributed by atoms with Gasteiger partial charge < -0.3 is 9.80 Å². The summed E-state index contributed by atoms with van der Waals surface area (Å²) in [6.45, 7) is 6.74. The zero-order valence-electron chi connectivity index (χ0n) is 18.7. The van der Waals surface area contributed by atoms with Gasteiger partial charge in [0.1, 0.15) is 0 Å². The van der Waals surface area contributed by atoms with Crippen LogP contribution in [0.25, 0.3) is 0 Å². The maximum atomic E-state index is 14.0. The molecule has 0 aromatic heterocycles. The molecule has 3 heteroatoms. The summed E-state index contributed by atoms with van der Waals surface area (Å²) < 4.78 is 0. The van der Waals surface area contributed by atoms with Crippen LogP contribution in [-0.4, -0.2) is 47.9 Å². The number of carbonyl (C=O) groups is 1. The molecule has 0 spiro atoms. The van der Waals surface area contributed by atoms with E-state index in [1.807, 2.05) is 0 Å². The Morgan fingerprint density at radius 1 is 0.900 bits per heavy atom. The Labute approximate surface area is 182 Å². The molecule has 0 N–H and O–H groups in total. The van der Waals surface area contributed by atoms with Crippen LogP contribution < -0.4 is 0 Å². The summed E-state index contributed by atoms with van der Waals surface area (Å²) in [5, 5.41) is 0. The smallest absolute Gasteiger partial charge is 0.228 e. The van der Waals surface area contributed by atoms with E-state index in [0.717, 1.165) is 37.4 Å². The third-order valence-electron chi connectivity index (χ3n) is 9.59. The normalized spacial score (nSPS) is 39.0. The number of rotatable bonds is 3. The molecular formula is C27H38N2O. The van der Waals surface area contributed by atoms with E-state index in [1.54, 1.807) is 0 Å². The molecule has 4 aliphatic carbocycles. The van der Waals surface area contributed by atoms with Gasteiger partial charge in [0, 0.05) is 19.1 Å². The van der Waals surface area contributed by atoms with Crippen LogP contribution in [0.15, 0.2) is 24.3 Å². The lowest BCUT2D eigenvalue weighted by Crippen LogP contribution is -2.60. The van der Waals surface area contributed by atoms with Crippen LogP contribution in [0, 0.1) is 24.2 Å². The van der Waals surface area contributed by atoms with Crippen molar-refractivity contribution in [2.24, 2.45) is 17.3 Å². The van der Waals surface area contributed by atoms with Crippen LogP contribution in [0.5, 0.6) is 0 Å². The van der Waals surface area contributed by atoms with E-state index in [4.69, 9.17) is 0 Å². The fourth-order valence-electron chi connectivity index (χ4n) is 8.63. The molecule has 2 saturated heterocycles. The molecule has 7 rings (SSSR count). The molecule has 2 atom stereocenters. The van der Waals surface area contributed by atoms with Gasteiger partial charge in [0.2, 0.25) is 5.91 Å². The minimum atomic E-state index is -0.0601. The van der Waals surface area contributed by atoms with E-state index in [9.17, 15) is 4.79 Å². The predicted octanol–water partition coefficient (Wildman–Crippen LogP) is 4.92. The Balaban J connectivity index is 1.22. The van der Waals surface area contributed by atoms with Gasteiger partial charge in [-0.3, -0.25) is 4.79 Å². The lowest BCUT2D eigenvalue weighted by atomic mass is 9.42. The van der Waals surface area contributed by atoms with E-state index >= 15 is 0 Å². The van der Waals surface area contributed by atoms with Gasteiger partial charge in [-0.15, -0.1) is 0 Å². The molecule has 30 heavy (non-hydrogen) atoms. The highest BCUT2D eigenvalue weighted by atomic mass is 16.2. The maximum Gasteiger partial charge on any atom is 0.228 e. The number of nitrogens with zero attached hydrogens (tertiary/aromatic N) is 2. The second kappa shape index (κ2) is 7.08. The van der Waals surface area contributed by atoms with Crippen LogP contribution in [0.2, 0.25) is 0 Å². The van der Waals surface area contributed by atoms with Gasteiger partial charge in [-0.1, -0.05) is 29.8 Å². The Bertz CT molecular complexity index is 787. The number of hydrogen-bond acceptors (Lipinski definition) is 2. The minimum absolute atomic E-state index is 0.0601. The Morgan fingerprint density at radius 2 is 1.53 bits per heavy atom. The van der Waals surface area contributed by atoms with Crippen molar-refractivity contribution in [3.63, 3.8) is 0 Å². The topological polar surface area (TPSA) is 23.6 Å². The van der Waals surface area contributed by atoms with E-state index in [0.29, 0.717) is 5.91 Å². The van der Waals surface area contributed by atoms with Crippen molar-refractivity contribution in [2.45, 2.75) is 82.6 Å². The lowest BCUT2D eigenvalue weighted by Gasteiger charge is -2.62. The third kappa shape index (κ3) is 3.06. The predicted molar refractivity (Wildman–Crippen MR) is 120 cm³/mol. The number of aryl methyl sites for hydroxylation is 1. The summed E-state index contributed by atoms with van der Waals surface area (Å²) in [5.74, 6) is 2.06. The van der Waals surface area contributed by atoms with Crippen molar-refractivity contribution in [2.75, 3.05) is 26.2 Å². The highest BCUT2D eigenvalue weighted by Gasteiger charge is 2.61. The Hall–Kier alpha value is -1.35. The van der Waals surface area contributed by atoms with E-state index < -0.39 is 0 Å². The Morgan fingerprint density at radius 3 is 2.17 bits per heavy atom. The molecule has 6 aliphatic rings. The average molecular weight is 407 g/mol. The summed E-state index contributed by atoms with van der Waals surface area (Å²) in [7, 11) is 0. The fraction of sp³-hybridized carbons (Fsp3) is 0.741. The summed E-state index contributed by atoms with van der Waals surface area (Å²) >= 11 is 0. The lowest BCUT2D eigenvalue weighted by molar-refractivity contribution is -0.161. The van der Waals surface area contributed by atoms with Gasteiger partial charge in [0.05, 0.1) is 5.41 Å². The number of carbonyl (C=O) groups excluding carboxylic acids is 1. The molecule has 1 aromatic rings. The summed E-state index contributed by atoms with van der Waals surface area (Å²) in [5.41, 5.74) is 3.07. The first kappa shape index (κ1) is 19.3. The van der Waals surface area contributed by atoms with Gasteiger partial charge in [-0.25, -0.2) is 0 Å². The number of hydrogen-bond donors (Lipinski definition) is 0. The molecule has 2 unspecified atom stereocenters. The van der Waals surface area contributed by atoms with Gasteiger partial charge in [0.15, 0.2) is 0 Å². The third-order valence-corrected chi connectivity index (χ3v) is 9.59. The zero-order valence-corrected chi connectivity index (χ0v) is 18.7. The van der Waals surface area contributed by atoms with Crippen molar-refractivity contribution in [1.82, 2.24) is 9.80 Å². The second-order valence-electron chi connectivity index (χ2n) is 11.7. The van der Waals surface area contributed by atoms with Crippen molar-refractivity contribution < 1.29 is 4.79 Å². The SMILES string of the molecule is Cc1ccc(C23CC4CC(CC(C(=O)N5CCC(N6CCCC6)CC5)(C4)C2)C3)cc1. The van der Waals surface area contributed by atoms with Crippen molar-refractivity contribution in [1.29, 1.82) is 0 Å². The highest BCUT2D eigenvalue weighted by Crippen LogP contribution is 2.66. The molecule has 6 fully saturated rings. The highest BCUT2D eigenvalue weighted by molar-refractivity contribution is 5.84. The summed E-state index contributed by atoms with van der Waals surface area (Å²) in [6.07, 6.45) is 12.6. The quantitative estimate of drug-likeness (QED) is 0.711. The van der Waals surface area contributed by atoms with Crippen LogP contribution in [0.4, 0.5) is 0 Å². The molecule has 162 valence electrons. The Kier molecular flexibility index (Phi) is 4.57. The molecule has 1 amide bonds. The monoisotopic (exact) mass is 406 g/mol. The first-order valence-corrected chi connectivity index (χ1v) is 12.7. The number of benzene rings is 1. The summed E-state index contributed by atoms with van der Waals surface area (Å²) in [6, 6.07) is 10.0. The molecular weight excluding hydrogens is 368 g/mol. The minimum Gasteiger partial charge on any atom is -0.342 e. The largest absolute Gasteiger partial charge is 0.342 e. The van der Waals surface area contributed by atoms with Crippen LogP contribution in [0.1, 0.15) is 75.3 Å². The molecule has 3 nitrogen and oxygen atoms in total. The molecule has 2 aliphatic heterocycles. The van der Waals surface area contributed by atoms with Gasteiger partial charge >= 0.3 is 0 Å². The van der Waals surface area contributed by atoms with Crippen LogP contribution in [0.3, 0.4) is 0 Å². The summed E-state index contributed by atoms with van der Waals surface area (Å²) in [4.78, 5) is 19.0. The van der Waals surface area contributed by atoms with Crippen molar-refractivity contribution in [3.05, 3.63) is 35.4 Å². The maximum absolute atomic E-state index is 14.0.